The second-order valence-corrected chi connectivity index (χ2v) is 6.10. The third-order valence-corrected chi connectivity index (χ3v) is 4.48. The minimum atomic E-state index is -0.0337. The number of para-hydroxylation sites is 1. The minimum absolute atomic E-state index is 0.0337. The van der Waals surface area contributed by atoms with Gasteiger partial charge in [-0.05, 0) is 18.6 Å². The maximum Gasteiger partial charge on any atom is 0.226 e. The van der Waals surface area contributed by atoms with E-state index in [-0.39, 0.29) is 18.4 Å². The van der Waals surface area contributed by atoms with Crippen LogP contribution >= 0.6 is 0 Å². The highest BCUT2D eigenvalue weighted by molar-refractivity contribution is 5.86. The number of aromatic nitrogens is 4. The van der Waals surface area contributed by atoms with Crippen LogP contribution in [-0.2, 0) is 30.6 Å². The Morgan fingerprint density at radius 2 is 2.25 bits per heavy atom. The van der Waals surface area contributed by atoms with Gasteiger partial charge >= 0.3 is 0 Å². The maximum absolute atomic E-state index is 12.4. The van der Waals surface area contributed by atoms with Crippen LogP contribution in [0.1, 0.15) is 30.7 Å². The van der Waals surface area contributed by atoms with Gasteiger partial charge < -0.3 is 14.4 Å². The van der Waals surface area contributed by atoms with Crippen LogP contribution in [0, 0.1) is 0 Å². The second-order valence-electron chi connectivity index (χ2n) is 6.10. The molecule has 3 heterocycles. The van der Waals surface area contributed by atoms with Crippen LogP contribution in [0.25, 0.3) is 11.0 Å². The molecule has 1 N–H and O–H groups in total. The molecule has 1 aromatic carbocycles. The summed E-state index contributed by atoms with van der Waals surface area (Å²) < 4.78 is 7.38. The summed E-state index contributed by atoms with van der Waals surface area (Å²) in [7, 11) is 0. The van der Waals surface area contributed by atoms with Crippen molar-refractivity contribution in [3.63, 3.8) is 0 Å². The lowest BCUT2D eigenvalue weighted by Gasteiger charge is -2.25. The topological polar surface area (TPSA) is 85.8 Å². The van der Waals surface area contributed by atoms with Crippen molar-refractivity contribution < 1.29 is 9.32 Å². The van der Waals surface area contributed by atoms with Crippen molar-refractivity contribution >= 4 is 16.9 Å². The first-order chi connectivity index (χ1) is 11.7. The first kappa shape index (κ1) is 14.9. The van der Waals surface area contributed by atoms with Gasteiger partial charge in [0.25, 0.3) is 0 Å². The van der Waals surface area contributed by atoms with E-state index in [1.54, 1.807) is 0 Å². The molecule has 7 nitrogen and oxygen atoms in total. The molecule has 0 aliphatic carbocycles. The summed E-state index contributed by atoms with van der Waals surface area (Å²) in [5.41, 5.74) is 1.39. The molecule has 0 radical (unpaired) electrons. The number of fused-ring (bicyclic) bond motifs is 2. The number of nitrogens with one attached hydrogen (secondary N) is 1. The van der Waals surface area contributed by atoms with Crippen molar-refractivity contribution in [2.75, 3.05) is 0 Å². The summed E-state index contributed by atoms with van der Waals surface area (Å²) >= 11 is 0. The number of carbonyl (C=O) groups excluding carboxylic acids is 1. The smallest absolute Gasteiger partial charge is 0.226 e. The number of nitrogens with zero attached hydrogens (tertiary/aromatic N) is 4. The standard InChI is InChI=1S/C17H19N5O2/c1-2-15-19-20-16-8-7-11(10-22(15)16)18-17(23)9-13-12-5-3-4-6-14(12)24-21-13/h3-6,11H,2,7-10H2,1H3,(H,18,23)/t11-/m0/s1. The van der Waals surface area contributed by atoms with Gasteiger partial charge in [-0.15, -0.1) is 10.2 Å². The maximum atomic E-state index is 12.4. The van der Waals surface area contributed by atoms with Crippen LogP contribution in [0.4, 0.5) is 0 Å². The Kier molecular flexibility index (Phi) is 3.76. The van der Waals surface area contributed by atoms with E-state index in [0.717, 1.165) is 42.8 Å². The number of hydrogen-bond acceptors (Lipinski definition) is 5. The molecule has 7 heteroatoms. The molecule has 0 unspecified atom stereocenters. The zero-order valence-electron chi connectivity index (χ0n) is 13.5. The average Bonchev–Trinajstić information content (AvgIpc) is 3.19. The van der Waals surface area contributed by atoms with Gasteiger partial charge in [0.05, 0.1) is 6.42 Å². The van der Waals surface area contributed by atoms with Crippen molar-refractivity contribution in [1.29, 1.82) is 0 Å². The van der Waals surface area contributed by atoms with Crippen LogP contribution in [0.3, 0.4) is 0 Å². The first-order valence-corrected chi connectivity index (χ1v) is 8.28. The van der Waals surface area contributed by atoms with Gasteiger partial charge in [-0.2, -0.15) is 0 Å². The molecule has 1 aliphatic heterocycles. The zero-order chi connectivity index (χ0) is 16.5. The third-order valence-electron chi connectivity index (χ3n) is 4.48. The first-order valence-electron chi connectivity index (χ1n) is 8.28. The highest BCUT2D eigenvalue weighted by Crippen LogP contribution is 2.19. The molecule has 1 atom stereocenters. The fourth-order valence-corrected chi connectivity index (χ4v) is 3.26. The molecule has 1 amide bonds. The van der Waals surface area contributed by atoms with Crippen LogP contribution in [-0.4, -0.2) is 31.9 Å². The van der Waals surface area contributed by atoms with Gasteiger partial charge in [-0.3, -0.25) is 4.79 Å². The molecule has 124 valence electrons. The molecule has 3 aromatic rings. The summed E-state index contributed by atoms with van der Waals surface area (Å²) in [4.78, 5) is 12.4. The van der Waals surface area contributed by atoms with Gasteiger partial charge in [0.2, 0.25) is 5.91 Å². The number of rotatable bonds is 4. The number of carbonyl (C=O) groups is 1. The second kappa shape index (κ2) is 6.07. The molecule has 1 aliphatic rings. The Morgan fingerprint density at radius 1 is 1.38 bits per heavy atom. The Balaban J connectivity index is 1.43. The van der Waals surface area contributed by atoms with Crippen LogP contribution in [0.2, 0.25) is 0 Å². The van der Waals surface area contributed by atoms with Crippen molar-refractivity contribution in [2.45, 2.75) is 45.2 Å². The molecule has 4 rings (SSSR count). The minimum Gasteiger partial charge on any atom is -0.356 e. The summed E-state index contributed by atoms with van der Waals surface area (Å²) in [6.07, 6.45) is 2.79. The fourth-order valence-electron chi connectivity index (χ4n) is 3.26. The van der Waals surface area contributed by atoms with Crippen molar-refractivity contribution in [3.8, 4) is 0 Å². The Hall–Kier alpha value is -2.70. The predicted octanol–water partition coefficient (Wildman–Crippen LogP) is 1.66. The van der Waals surface area contributed by atoms with Gasteiger partial charge in [-0.25, -0.2) is 0 Å². The van der Waals surface area contributed by atoms with E-state index < -0.39 is 0 Å². The lowest BCUT2D eigenvalue weighted by atomic mass is 10.1. The number of aryl methyl sites for hydroxylation is 2. The number of benzene rings is 1. The highest BCUT2D eigenvalue weighted by Gasteiger charge is 2.24. The van der Waals surface area contributed by atoms with Gasteiger partial charge in [0.1, 0.15) is 17.3 Å². The van der Waals surface area contributed by atoms with E-state index in [1.807, 2.05) is 24.3 Å². The zero-order valence-corrected chi connectivity index (χ0v) is 13.5. The lowest BCUT2D eigenvalue weighted by Crippen LogP contribution is -2.42. The fraction of sp³-hybridized carbons (Fsp3) is 0.412. The number of amides is 1. The van der Waals surface area contributed by atoms with Crippen molar-refractivity contribution in [2.24, 2.45) is 0 Å². The van der Waals surface area contributed by atoms with Crippen LogP contribution < -0.4 is 5.32 Å². The van der Waals surface area contributed by atoms with Crippen molar-refractivity contribution in [1.82, 2.24) is 25.2 Å². The Labute approximate surface area is 139 Å². The largest absolute Gasteiger partial charge is 0.356 e. The molecule has 0 bridgehead atoms. The van der Waals surface area contributed by atoms with Gasteiger partial charge in [0.15, 0.2) is 5.58 Å². The van der Waals surface area contributed by atoms with Crippen LogP contribution in [0.15, 0.2) is 28.8 Å². The molecule has 0 saturated heterocycles. The van der Waals surface area contributed by atoms with Gasteiger partial charge in [-0.1, -0.05) is 24.2 Å². The average molecular weight is 325 g/mol. The molecule has 0 saturated carbocycles. The Morgan fingerprint density at radius 3 is 3.12 bits per heavy atom. The predicted molar refractivity (Wildman–Crippen MR) is 87.4 cm³/mol. The molecular weight excluding hydrogens is 306 g/mol. The SMILES string of the molecule is CCc1nnc2n1C[C@@H](NC(=O)Cc1noc3ccccc13)CC2. The molecule has 0 fully saturated rings. The van der Waals surface area contributed by atoms with Crippen LogP contribution in [0.5, 0.6) is 0 Å². The molecule has 2 aromatic heterocycles. The van der Waals surface area contributed by atoms with E-state index in [1.165, 1.54) is 0 Å². The van der Waals surface area contributed by atoms with E-state index in [0.29, 0.717) is 11.3 Å². The summed E-state index contributed by atoms with van der Waals surface area (Å²) in [5.74, 6) is 1.96. The molecule has 24 heavy (non-hydrogen) atoms. The van der Waals surface area contributed by atoms with Gasteiger partial charge in [0, 0.05) is 30.8 Å². The molecular formula is C17H19N5O2. The lowest BCUT2D eigenvalue weighted by molar-refractivity contribution is -0.121. The summed E-state index contributed by atoms with van der Waals surface area (Å²) in [5, 5.41) is 16.4. The van der Waals surface area contributed by atoms with E-state index in [4.69, 9.17) is 4.52 Å². The number of hydrogen-bond donors (Lipinski definition) is 1. The van der Waals surface area contributed by atoms with E-state index in [2.05, 4.69) is 32.2 Å². The molecule has 0 spiro atoms. The third kappa shape index (κ3) is 2.66. The summed E-state index contributed by atoms with van der Waals surface area (Å²) in [6, 6.07) is 7.68. The van der Waals surface area contributed by atoms with Crippen molar-refractivity contribution in [3.05, 3.63) is 41.6 Å². The summed E-state index contributed by atoms with van der Waals surface area (Å²) in [6.45, 7) is 2.80. The normalized spacial score (nSPS) is 17.0. The Bertz CT molecular complexity index is 869. The van der Waals surface area contributed by atoms with E-state index >= 15 is 0 Å². The van der Waals surface area contributed by atoms with E-state index in [9.17, 15) is 4.79 Å². The monoisotopic (exact) mass is 325 g/mol. The highest BCUT2D eigenvalue weighted by atomic mass is 16.5. The quantitative estimate of drug-likeness (QED) is 0.788.